The molecule has 1 aromatic heterocycles. The van der Waals surface area contributed by atoms with Gasteiger partial charge in [0, 0.05) is 12.1 Å². The minimum atomic E-state index is 0.640. The van der Waals surface area contributed by atoms with Crippen LogP contribution in [0.1, 0.15) is 0 Å². The van der Waals surface area contributed by atoms with Crippen molar-refractivity contribution in [2.45, 2.75) is 0 Å². The van der Waals surface area contributed by atoms with Crippen molar-refractivity contribution in [2.75, 3.05) is 14.2 Å². The molecule has 0 aliphatic rings. The first-order valence-corrected chi connectivity index (χ1v) is 4.35. The first-order chi connectivity index (χ1) is 7.35. The second-order valence-corrected chi connectivity index (χ2v) is 2.80. The van der Waals surface area contributed by atoms with Crippen molar-refractivity contribution in [3.05, 3.63) is 30.6 Å². The summed E-state index contributed by atoms with van der Waals surface area (Å²) in [5.74, 6) is 1.28. The van der Waals surface area contributed by atoms with Gasteiger partial charge in [0.05, 0.1) is 32.3 Å². The maximum absolute atomic E-state index is 5.17. The van der Waals surface area contributed by atoms with Crippen LogP contribution in [0.4, 0.5) is 0 Å². The first-order valence-electron chi connectivity index (χ1n) is 4.35. The quantitative estimate of drug-likeness (QED) is 0.750. The second kappa shape index (κ2) is 4.00. The van der Waals surface area contributed by atoms with Gasteiger partial charge in [-0.25, -0.2) is 4.68 Å². The highest BCUT2D eigenvalue weighted by Gasteiger charge is 2.06. The molecule has 0 saturated carbocycles. The smallest absolute Gasteiger partial charge is 0.162 e. The van der Waals surface area contributed by atoms with Gasteiger partial charge in [0.1, 0.15) is 0 Å². The normalized spacial score (nSPS) is 10.0. The lowest BCUT2D eigenvalue weighted by molar-refractivity contribution is 0.354. The summed E-state index contributed by atoms with van der Waals surface area (Å²) in [5.41, 5.74) is 0.755. The number of aromatic nitrogens is 3. The summed E-state index contributed by atoms with van der Waals surface area (Å²) in [7, 11) is 3.17. The summed E-state index contributed by atoms with van der Waals surface area (Å²) in [6.07, 6.45) is 3.34. The third kappa shape index (κ3) is 1.76. The minimum absolute atomic E-state index is 0.640. The van der Waals surface area contributed by atoms with Crippen molar-refractivity contribution < 1.29 is 9.47 Å². The third-order valence-corrected chi connectivity index (χ3v) is 1.97. The number of nitrogens with zero attached hydrogens (tertiary/aromatic N) is 3. The van der Waals surface area contributed by atoms with Crippen LogP contribution in [0.15, 0.2) is 24.5 Å². The van der Waals surface area contributed by atoms with Crippen molar-refractivity contribution in [1.29, 1.82) is 0 Å². The van der Waals surface area contributed by atoms with E-state index in [9.17, 15) is 0 Å². The largest absolute Gasteiger partial charge is 0.493 e. The lowest BCUT2D eigenvalue weighted by Gasteiger charge is -2.08. The molecule has 1 radical (unpaired) electrons. The van der Waals surface area contributed by atoms with E-state index < -0.39 is 0 Å². The van der Waals surface area contributed by atoms with Crippen LogP contribution in [-0.4, -0.2) is 29.2 Å². The zero-order valence-electron chi connectivity index (χ0n) is 8.47. The molecule has 0 N–H and O–H groups in total. The Morgan fingerprint density at radius 2 is 2.07 bits per heavy atom. The molecule has 0 bridgehead atoms. The molecule has 0 aliphatic heterocycles. The molecule has 0 fully saturated rings. The number of benzene rings is 1. The van der Waals surface area contributed by atoms with Gasteiger partial charge >= 0.3 is 0 Å². The van der Waals surface area contributed by atoms with Gasteiger partial charge in [-0.2, -0.15) is 0 Å². The summed E-state index contributed by atoms with van der Waals surface area (Å²) in [5, 5.41) is 7.57. The summed E-state index contributed by atoms with van der Waals surface area (Å²) in [6.45, 7) is 0. The molecule has 0 saturated heterocycles. The third-order valence-electron chi connectivity index (χ3n) is 1.97. The molecule has 0 aliphatic carbocycles. The van der Waals surface area contributed by atoms with Gasteiger partial charge in [-0.1, -0.05) is 5.21 Å². The Bertz CT molecular complexity index is 440. The van der Waals surface area contributed by atoms with E-state index in [0.29, 0.717) is 11.5 Å². The van der Waals surface area contributed by atoms with Gasteiger partial charge in [0.15, 0.2) is 11.5 Å². The van der Waals surface area contributed by atoms with Gasteiger partial charge in [-0.05, 0) is 6.07 Å². The molecule has 1 aromatic carbocycles. The molecule has 2 rings (SSSR count). The van der Waals surface area contributed by atoms with E-state index in [4.69, 9.17) is 9.47 Å². The van der Waals surface area contributed by atoms with E-state index >= 15 is 0 Å². The predicted molar refractivity (Wildman–Crippen MR) is 53.3 cm³/mol. The summed E-state index contributed by atoms with van der Waals surface area (Å²) >= 11 is 0. The molecular formula is C10H10N3O2. The molecule has 2 aromatic rings. The number of hydrogen-bond acceptors (Lipinski definition) is 4. The highest BCUT2D eigenvalue weighted by molar-refractivity contribution is 5.47. The average molecular weight is 204 g/mol. The molecule has 5 nitrogen and oxygen atoms in total. The van der Waals surface area contributed by atoms with Gasteiger partial charge in [0.2, 0.25) is 0 Å². The van der Waals surface area contributed by atoms with E-state index in [1.165, 1.54) is 0 Å². The number of ether oxygens (including phenoxy) is 2. The van der Waals surface area contributed by atoms with E-state index in [-0.39, 0.29) is 0 Å². The van der Waals surface area contributed by atoms with Crippen LogP contribution in [0, 0.1) is 6.07 Å². The van der Waals surface area contributed by atoms with Crippen LogP contribution in [0.2, 0.25) is 0 Å². The lowest BCUT2D eigenvalue weighted by Crippen LogP contribution is -1.97. The topological polar surface area (TPSA) is 49.2 Å². The van der Waals surface area contributed by atoms with Crippen LogP contribution in [0.3, 0.4) is 0 Å². The molecule has 15 heavy (non-hydrogen) atoms. The Morgan fingerprint density at radius 3 is 2.67 bits per heavy atom. The standard InChI is InChI=1S/C10H10N3O2/c1-14-9-4-3-8(7-10(9)15-2)13-6-5-11-12-13/h4-7H,1-2H3. The average Bonchev–Trinajstić information content (AvgIpc) is 2.81. The zero-order valence-corrected chi connectivity index (χ0v) is 8.47. The van der Waals surface area contributed by atoms with E-state index in [1.54, 1.807) is 43.4 Å². The maximum Gasteiger partial charge on any atom is 0.162 e. The number of hydrogen-bond donors (Lipinski definition) is 0. The second-order valence-electron chi connectivity index (χ2n) is 2.80. The predicted octanol–water partition coefficient (Wildman–Crippen LogP) is 1.08. The van der Waals surface area contributed by atoms with Crippen molar-refractivity contribution in [3.63, 3.8) is 0 Å². The Hall–Kier alpha value is -2.04. The Kier molecular flexibility index (Phi) is 2.53. The summed E-state index contributed by atoms with van der Waals surface area (Å²) < 4.78 is 11.9. The molecule has 1 heterocycles. The minimum Gasteiger partial charge on any atom is -0.493 e. The first kappa shape index (κ1) is 9.51. The lowest BCUT2D eigenvalue weighted by atomic mass is 10.3. The van der Waals surface area contributed by atoms with Gasteiger partial charge in [0.25, 0.3) is 0 Å². The van der Waals surface area contributed by atoms with Gasteiger partial charge < -0.3 is 9.47 Å². The zero-order chi connectivity index (χ0) is 10.7. The van der Waals surface area contributed by atoms with E-state index in [0.717, 1.165) is 5.69 Å². The Labute approximate surface area is 87.2 Å². The maximum atomic E-state index is 5.17. The molecule has 77 valence electrons. The van der Waals surface area contributed by atoms with Crippen molar-refractivity contribution in [3.8, 4) is 17.2 Å². The van der Waals surface area contributed by atoms with Crippen LogP contribution in [-0.2, 0) is 0 Å². The van der Waals surface area contributed by atoms with Gasteiger partial charge in [-0.15, -0.1) is 5.10 Å². The monoisotopic (exact) mass is 204 g/mol. The highest BCUT2D eigenvalue weighted by Crippen LogP contribution is 2.28. The van der Waals surface area contributed by atoms with Crippen molar-refractivity contribution in [1.82, 2.24) is 15.0 Å². The highest BCUT2D eigenvalue weighted by atomic mass is 16.5. The Balaban J connectivity index is 2.43. The number of methoxy groups -OCH3 is 2. The SMILES string of the molecule is COc1c[c]c(-n2ccnn2)cc1OC. The summed E-state index contributed by atoms with van der Waals surface area (Å²) in [6, 6.07) is 6.51. The molecule has 0 unspecified atom stereocenters. The fourth-order valence-corrected chi connectivity index (χ4v) is 1.24. The molecular weight excluding hydrogens is 194 g/mol. The van der Waals surface area contributed by atoms with Crippen molar-refractivity contribution in [2.24, 2.45) is 0 Å². The van der Waals surface area contributed by atoms with E-state index in [1.807, 2.05) is 0 Å². The van der Waals surface area contributed by atoms with Crippen LogP contribution in [0.5, 0.6) is 11.5 Å². The molecule has 0 spiro atoms. The molecule has 0 atom stereocenters. The fraction of sp³-hybridized carbons (Fsp3) is 0.200. The van der Waals surface area contributed by atoms with Crippen LogP contribution in [0.25, 0.3) is 5.69 Å². The van der Waals surface area contributed by atoms with Crippen LogP contribution < -0.4 is 9.47 Å². The molecule has 5 heteroatoms. The number of rotatable bonds is 3. The van der Waals surface area contributed by atoms with Crippen molar-refractivity contribution >= 4 is 0 Å². The fourth-order valence-electron chi connectivity index (χ4n) is 1.24. The van der Waals surface area contributed by atoms with E-state index in [2.05, 4.69) is 16.4 Å². The van der Waals surface area contributed by atoms with Crippen LogP contribution >= 0.6 is 0 Å². The molecule has 0 amide bonds. The summed E-state index contributed by atoms with van der Waals surface area (Å²) in [4.78, 5) is 0. The Morgan fingerprint density at radius 1 is 1.27 bits per heavy atom. The van der Waals surface area contributed by atoms with Gasteiger partial charge in [-0.3, -0.25) is 0 Å².